The van der Waals surface area contributed by atoms with Crippen molar-refractivity contribution < 1.29 is 18.7 Å². The predicted molar refractivity (Wildman–Crippen MR) is 107 cm³/mol. The first-order chi connectivity index (χ1) is 12.8. The van der Waals surface area contributed by atoms with Crippen molar-refractivity contribution in [2.45, 2.75) is 43.4 Å². The number of rotatable bonds is 7. The Kier molecular flexibility index (Phi) is 7.68. The first-order valence-corrected chi connectivity index (χ1v) is 9.80. The highest BCUT2D eigenvalue weighted by molar-refractivity contribution is 8.00. The first kappa shape index (κ1) is 21.3. The maximum atomic E-state index is 14.2. The van der Waals surface area contributed by atoms with E-state index in [0.29, 0.717) is 10.5 Å². The molecule has 144 valence electrons. The zero-order valence-corrected chi connectivity index (χ0v) is 16.9. The van der Waals surface area contributed by atoms with Crippen molar-refractivity contribution in [3.8, 4) is 0 Å². The molecule has 0 aliphatic heterocycles. The summed E-state index contributed by atoms with van der Waals surface area (Å²) >= 11 is 7.26. The number of ether oxygens (including phenoxy) is 1. The predicted octanol–water partition coefficient (Wildman–Crippen LogP) is 5.55. The molecule has 0 aliphatic rings. The van der Waals surface area contributed by atoms with E-state index < -0.39 is 17.0 Å². The lowest BCUT2D eigenvalue weighted by atomic mass is 10.2. The molecular formula is C20H21ClFNO3S. The summed E-state index contributed by atoms with van der Waals surface area (Å²) in [7, 11) is 0. The van der Waals surface area contributed by atoms with Gasteiger partial charge in [0, 0.05) is 10.5 Å². The highest BCUT2D eigenvalue weighted by Crippen LogP contribution is 2.35. The van der Waals surface area contributed by atoms with E-state index >= 15 is 0 Å². The van der Waals surface area contributed by atoms with Gasteiger partial charge in [-0.25, -0.2) is 4.39 Å². The lowest BCUT2D eigenvalue weighted by Crippen LogP contribution is -2.22. The number of amides is 1. The van der Waals surface area contributed by atoms with E-state index in [1.54, 1.807) is 37.3 Å². The van der Waals surface area contributed by atoms with Crippen molar-refractivity contribution in [3.05, 3.63) is 58.9 Å². The van der Waals surface area contributed by atoms with Crippen LogP contribution in [0.5, 0.6) is 0 Å². The standard InChI is InChI=1S/C20H21ClFNO3S/c1-4-12(2)26-20(25)13(3)27-18-11-17(16(22)10-15(18)21)23-19(24)14-8-6-5-7-9-14/h5-13H,4H2,1-3H3,(H,23,24). The second kappa shape index (κ2) is 9.76. The Labute approximate surface area is 167 Å². The van der Waals surface area contributed by atoms with Crippen molar-refractivity contribution in [2.75, 3.05) is 5.32 Å². The largest absolute Gasteiger partial charge is 0.462 e. The number of thioether (sulfide) groups is 1. The Bertz CT molecular complexity index is 816. The van der Waals surface area contributed by atoms with Crippen LogP contribution in [0.1, 0.15) is 37.6 Å². The van der Waals surface area contributed by atoms with Crippen LogP contribution in [0.2, 0.25) is 5.02 Å². The number of benzene rings is 2. The van der Waals surface area contributed by atoms with Crippen molar-refractivity contribution in [2.24, 2.45) is 0 Å². The summed E-state index contributed by atoms with van der Waals surface area (Å²) in [6.45, 7) is 5.43. The molecule has 2 aromatic carbocycles. The number of anilines is 1. The fourth-order valence-electron chi connectivity index (χ4n) is 2.12. The van der Waals surface area contributed by atoms with Crippen LogP contribution in [-0.4, -0.2) is 23.2 Å². The molecule has 0 spiro atoms. The Balaban J connectivity index is 2.15. The molecule has 0 aromatic heterocycles. The van der Waals surface area contributed by atoms with Crippen LogP contribution in [0.3, 0.4) is 0 Å². The zero-order valence-electron chi connectivity index (χ0n) is 15.3. The highest BCUT2D eigenvalue weighted by atomic mass is 35.5. The molecule has 2 atom stereocenters. The number of halogens is 2. The maximum Gasteiger partial charge on any atom is 0.319 e. The van der Waals surface area contributed by atoms with Gasteiger partial charge in [0.1, 0.15) is 11.1 Å². The maximum absolute atomic E-state index is 14.2. The average molecular weight is 410 g/mol. The lowest BCUT2D eigenvalue weighted by molar-refractivity contribution is -0.147. The Morgan fingerprint density at radius 1 is 1.22 bits per heavy atom. The molecule has 0 aliphatic carbocycles. The Hall–Kier alpha value is -2.05. The second-order valence-corrected chi connectivity index (χ2v) is 7.79. The van der Waals surface area contributed by atoms with Crippen LogP contribution < -0.4 is 5.32 Å². The topological polar surface area (TPSA) is 55.4 Å². The van der Waals surface area contributed by atoms with Crippen LogP contribution >= 0.6 is 23.4 Å². The van der Waals surface area contributed by atoms with E-state index in [9.17, 15) is 14.0 Å². The van der Waals surface area contributed by atoms with E-state index in [1.165, 1.54) is 6.07 Å². The van der Waals surface area contributed by atoms with Gasteiger partial charge in [-0.15, -0.1) is 11.8 Å². The van der Waals surface area contributed by atoms with Gasteiger partial charge in [-0.3, -0.25) is 9.59 Å². The van der Waals surface area contributed by atoms with Gasteiger partial charge in [0.15, 0.2) is 0 Å². The van der Waals surface area contributed by atoms with Gasteiger partial charge >= 0.3 is 5.97 Å². The van der Waals surface area contributed by atoms with Gasteiger partial charge in [0.2, 0.25) is 0 Å². The van der Waals surface area contributed by atoms with Gasteiger partial charge in [-0.2, -0.15) is 0 Å². The number of nitrogens with one attached hydrogen (secondary N) is 1. The summed E-state index contributed by atoms with van der Waals surface area (Å²) in [6, 6.07) is 11.0. The molecule has 0 saturated heterocycles. The van der Waals surface area contributed by atoms with Crippen LogP contribution in [0, 0.1) is 5.82 Å². The molecule has 7 heteroatoms. The summed E-state index contributed by atoms with van der Waals surface area (Å²) < 4.78 is 19.5. The Morgan fingerprint density at radius 3 is 2.52 bits per heavy atom. The van der Waals surface area contributed by atoms with Crippen molar-refractivity contribution in [1.82, 2.24) is 0 Å². The van der Waals surface area contributed by atoms with Crippen molar-refractivity contribution in [3.63, 3.8) is 0 Å². The monoisotopic (exact) mass is 409 g/mol. The molecule has 4 nitrogen and oxygen atoms in total. The quantitative estimate of drug-likeness (QED) is 0.481. The fraction of sp³-hybridized carbons (Fsp3) is 0.300. The minimum absolute atomic E-state index is 0.00162. The Morgan fingerprint density at radius 2 is 1.89 bits per heavy atom. The van der Waals surface area contributed by atoms with Gasteiger partial charge in [0.25, 0.3) is 5.91 Å². The molecule has 27 heavy (non-hydrogen) atoms. The third-order valence-electron chi connectivity index (χ3n) is 3.83. The minimum Gasteiger partial charge on any atom is -0.462 e. The lowest BCUT2D eigenvalue weighted by Gasteiger charge is -2.16. The van der Waals surface area contributed by atoms with E-state index in [-0.39, 0.29) is 22.8 Å². The number of carbonyl (C=O) groups is 2. The molecular weight excluding hydrogens is 389 g/mol. The molecule has 2 rings (SSSR count). The molecule has 2 aromatic rings. The van der Waals surface area contributed by atoms with E-state index in [2.05, 4.69) is 5.32 Å². The minimum atomic E-state index is -0.650. The molecule has 0 heterocycles. The summed E-state index contributed by atoms with van der Waals surface area (Å²) in [5.74, 6) is -1.45. The number of hydrogen-bond donors (Lipinski definition) is 1. The van der Waals surface area contributed by atoms with Crippen LogP contribution in [-0.2, 0) is 9.53 Å². The smallest absolute Gasteiger partial charge is 0.319 e. The van der Waals surface area contributed by atoms with Gasteiger partial charge in [-0.1, -0.05) is 36.7 Å². The molecule has 1 N–H and O–H groups in total. The molecule has 0 fully saturated rings. The van der Waals surface area contributed by atoms with Crippen LogP contribution in [0.4, 0.5) is 10.1 Å². The summed E-state index contributed by atoms with van der Waals surface area (Å²) in [5, 5.41) is 2.17. The van der Waals surface area contributed by atoms with Crippen LogP contribution in [0.15, 0.2) is 47.4 Å². The third-order valence-corrected chi connectivity index (χ3v) is 5.40. The molecule has 0 bridgehead atoms. The fourth-order valence-corrected chi connectivity index (χ4v) is 3.29. The molecule has 1 amide bonds. The van der Waals surface area contributed by atoms with Gasteiger partial charge < -0.3 is 10.1 Å². The molecule has 2 unspecified atom stereocenters. The number of esters is 1. The van der Waals surface area contributed by atoms with Crippen LogP contribution in [0.25, 0.3) is 0 Å². The number of hydrogen-bond acceptors (Lipinski definition) is 4. The van der Waals surface area contributed by atoms with E-state index in [0.717, 1.165) is 24.2 Å². The third kappa shape index (κ3) is 5.97. The van der Waals surface area contributed by atoms with Gasteiger partial charge in [-0.05, 0) is 44.5 Å². The normalized spacial score (nSPS) is 12.9. The second-order valence-electron chi connectivity index (χ2n) is 6.00. The summed E-state index contributed by atoms with van der Waals surface area (Å²) in [4.78, 5) is 24.8. The zero-order chi connectivity index (χ0) is 20.0. The summed E-state index contributed by atoms with van der Waals surface area (Å²) in [5.41, 5.74) is 0.407. The highest BCUT2D eigenvalue weighted by Gasteiger charge is 2.21. The SMILES string of the molecule is CCC(C)OC(=O)C(C)Sc1cc(NC(=O)c2ccccc2)c(F)cc1Cl. The van der Waals surface area contributed by atoms with Gasteiger partial charge in [0.05, 0.1) is 16.8 Å². The first-order valence-electron chi connectivity index (χ1n) is 8.54. The molecule has 0 saturated carbocycles. The van der Waals surface area contributed by atoms with E-state index in [4.69, 9.17) is 16.3 Å². The van der Waals surface area contributed by atoms with E-state index in [1.807, 2.05) is 13.8 Å². The molecule has 0 radical (unpaired) electrons. The summed E-state index contributed by atoms with van der Waals surface area (Å²) in [6.07, 6.45) is 0.542. The van der Waals surface area contributed by atoms with Crippen molar-refractivity contribution >= 4 is 40.9 Å². The number of carbonyl (C=O) groups excluding carboxylic acids is 2. The average Bonchev–Trinajstić information content (AvgIpc) is 2.65. The van der Waals surface area contributed by atoms with Crippen molar-refractivity contribution in [1.29, 1.82) is 0 Å².